The zero-order valence-corrected chi connectivity index (χ0v) is 34.4. The number of hydrogen-bond acceptors (Lipinski definition) is 3. The van der Waals surface area contributed by atoms with Crippen molar-refractivity contribution in [1.82, 2.24) is 9.97 Å². The summed E-state index contributed by atoms with van der Waals surface area (Å²) in [5, 5.41) is 3.77. The molecule has 0 amide bonds. The number of aromatic nitrogens is 2. The summed E-state index contributed by atoms with van der Waals surface area (Å²) in [5.41, 5.74) is 11.0. The molecular weight excluding hydrogens is 857 g/mol. The van der Waals surface area contributed by atoms with Gasteiger partial charge in [-0.25, -0.2) is 0 Å². The average Bonchev–Trinajstić information content (AvgIpc) is 3.58. The third-order valence-corrected chi connectivity index (χ3v) is 13.1. The number of rotatable bonds is 5. The van der Waals surface area contributed by atoms with Crippen molar-refractivity contribution in [2.75, 3.05) is 0 Å². The third kappa shape index (κ3) is 7.90. The van der Waals surface area contributed by atoms with Gasteiger partial charge in [-0.2, -0.15) is 11.3 Å². The molecule has 265 valence electrons. The second kappa shape index (κ2) is 15.8. The van der Waals surface area contributed by atoms with Gasteiger partial charge in [-0.15, -0.1) is 58.7 Å². The first kappa shape index (κ1) is 33.1. The summed E-state index contributed by atoms with van der Waals surface area (Å²) in [4.78, 5) is 9.28. The molecule has 9 rings (SSSR count). The summed E-state index contributed by atoms with van der Waals surface area (Å²) in [6.45, 7) is 4.84. The molecule has 0 bridgehead atoms. The Hall–Kier alpha value is -4.51. The van der Waals surface area contributed by atoms with Gasteiger partial charge >= 0.3 is 0 Å². The number of fused-ring (bicyclic) bond motifs is 4. The number of nitrogens with zero attached hydrogens (tertiary/aromatic N) is 2. The standard InChI is InChI=1S/C30H20NS.C18H22NSi.Ir/c1-20-19-31-28(18-25(20)22-10-6-3-7-11-22)24-13-15-30-27(17-24)26-16-23(12-14-29(26)32-30)21-8-4-2-5-9-21;1-20(2,3)15-11-12-18(19-13-15)17-10-6-8-14-7-4-5-9-16(14)17;/h2-12,14-19H,1H3;6,8,11-13H,4-5,7,9H2,1-3H3;/q2*-1;/i1D3;;. The Bertz CT molecular complexity index is 2620. The Labute approximate surface area is 336 Å². The molecule has 0 saturated carbocycles. The predicted octanol–water partition coefficient (Wildman–Crippen LogP) is 12.5. The molecule has 3 heterocycles. The van der Waals surface area contributed by atoms with E-state index < -0.39 is 14.9 Å². The van der Waals surface area contributed by atoms with Gasteiger partial charge in [0, 0.05) is 41.3 Å². The molecule has 5 aromatic carbocycles. The summed E-state index contributed by atoms with van der Waals surface area (Å²) in [7, 11) is -1.26. The van der Waals surface area contributed by atoms with Crippen LogP contribution >= 0.6 is 11.3 Å². The van der Waals surface area contributed by atoms with Crippen LogP contribution in [-0.4, -0.2) is 18.0 Å². The fraction of sp³-hybridized carbons (Fsp3) is 0.167. The number of benzene rings is 5. The zero-order chi connectivity index (χ0) is 38.2. The van der Waals surface area contributed by atoms with E-state index in [9.17, 15) is 0 Å². The first-order chi connectivity index (χ1) is 26.5. The first-order valence-corrected chi connectivity index (χ1v) is 22.3. The van der Waals surface area contributed by atoms with Gasteiger partial charge in [0.2, 0.25) is 0 Å². The van der Waals surface area contributed by atoms with Crippen molar-refractivity contribution in [3.63, 3.8) is 0 Å². The van der Waals surface area contributed by atoms with Crippen LogP contribution in [0.25, 0.3) is 64.9 Å². The number of aryl methyl sites for hydroxylation is 2. The van der Waals surface area contributed by atoms with E-state index in [-0.39, 0.29) is 25.7 Å². The van der Waals surface area contributed by atoms with Gasteiger partial charge in [-0.05, 0) is 79.9 Å². The van der Waals surface area contributed by atoms with Gasteiger partial charge in [-0.3, -0.25) is 0 Å². The molecule has 1 radical (unpaired) electrons. The molecule has 0 unspecified atom stereocenters. The van der Waals surface area contributed by atoms with E-state index in [2.05, 4.69) is 116 Å². The van der Waals surface area contributed by atoms with Crippen LogP contribution in [0.5, 0.6) is 0 Å². The molecule has 0 aliphatic heterocycles. The third-order valence-electron chi connectivity index (χ3n) is 9.98. The van der Waals surface area contributed by atoms with Gasteiger partial charge in [0.25, 0.3) is 0 Å². The van der Waals surface area contributed by atoms with Gasteiger partial charge in [0.05, 0.1) is 8.07 Å². The molecule has 53 heavy (non-hydrogen) atoms. The largest absolute Gasteiger partial charge is 0.305 e. The van der Waals surface area contributed by atoms with Crippen molar-refractivity contribution in [3.05, 3.63) is 163 Å². The van der Waals surface area contributed by atoms with Crippen LogP contribution in [0.3, 0.4) is 0 Å². The summed E-state index contributed by atoms with van der Waals surface area (Å²) in [5.74, 6) is 0. The quantitative estimate of drug-likeness (QED) is 0.127. The Morgan fingerprint density at radius 2 is 1.42 bits per heavy atom. The normalized spacial score (nSPS) is 13.5. The van der Waals surface area contributed by atoms with Crippen LogP contribution in [0.1, 0.15) is 33.6 Å². The smallest absolute Gasteiger partial charge is 0.0795 e. The SMILES string of the molecule is C[Si](C)(C)c1ccc(-c2[c-]ccc3c2CCCC3)nc1.[2H]C([2H])([2H])c1cnc(-c2[c-]cc3sc4ccc(-c5ccccc5)cc4c3c2)cc1-c1ccccc1.[Ir]. The minimum atomic E-state index is -2.25. The Morgan fingerprint density at radius 1 is 0.679 bits per heavy atom. The minimum Gasteiger partial charge on any atom is -0.305 e. The fourth-order valence-electron chi connectivity index (χ4n) is 7.06. The average molecular weight is 902 g/mol. The van der Waals surface area contributed by atoms with E-state index in [0.717, 1.165) is 26.9 Å². The van der Waals surface area contributed by atoms with Crippen LogP contribution in [0.15, 0.2) is 134 Å². The van der Waals surface area contributed by atoms with Crippen molar-refractivity contribution in [2.45, 2.75) is 52.2 Å². The Morgan fingerprint density at radius 3 is 2.15 bits per heavy atom. The summed E-state index contributed by atoms with van der Waals surface area (Å²) in [6, 6.07) is 48.1. The van der Waals surface area contributed by atoms with Crippen LogP contribution in [0.4, 0.5) is 0 Å². The van der Waals surface area contributed by atoms with E-state index in [4.69, 9.17) is 9.10 Å². The maximum atomic E-state index is 7.99. The zero-order valence-electron chi connectivity index (χ0n) is 33.2. The van der Waals surface area contributed by atoms with Crippen LogP contribution in [0.2, 0.25) is 19.6 Å². The first-order valence-electron chi connectivity index (χ1n) is 19.5. The Kier molecular flexibility index (Phi) is 9.89. The van der Waals surface area contributed by atoms with Gasteiger partial charge < -0.3 is 9.97 Å². The molecule has 0 fully saturated rings. The van der Waals surface area contributed by atoms with Gasteiger partial charge in [0.15, 0.2) is 0 Å². The number of pyridine rings is 2. The predicted molar refractivity (Wildman–Crippen MR) is 225 cm³/mol. The second-order valence-electron chi connectivity index (χ2n) is 14.5. The molecule has 1 aliphatic carbocycles. The van der Waals surface area contributed by atoms with Crippen LogP contribution < -0.4 is 5.19 Å². The Balaban J connectivity index is 0.000000195. The summed E-state index contributed by atoms with van der Waals surface area (Å²) in [6.07, 6.45) is 8.58. The summed E-state index contributed by atoms with van der Waals surface area (Å²) >= 11 is 1.75. The number of thiophene rings is 1. The number of hydrogen-bond donors (Lipinski definition) is 0. The van der Waals surface area contributed by atoms with Crippen molar-refractivity contribution in [3.8, 4) is 44.8 Å². The van der Waals surface area contributed by atoms with Gasteiger partial charge in [0.1, 0.15) is 0 Å². The van der Waals surface area contributed by atoms with Crippen LogP contribution in [-0.2, 0) is 32.9 Å². The summed E-state index contributed by atoms with van der Waals surface area (Å²) < 4.78 is 26.4. The fourth-order valence-corrected chi connectivity index (χ4v) is 9.15. The molecule has 0 atom stereocenters. The van der Waals surface area contributed by atoms with Crippen molar-refractivity contribution < 1.29 is 24.2 Å². The van der Waals surface area contributed by atoms with Crippen molar-refractivity contribution in [1.29, 1.82) is 0 Å². The molecule has 2 nitrogen and oxygen atoms in total. The van der Waals surface area contributed by atoms with Gasteiger partial charge in [-0.1, -0.05) is 129 Å². The molecule has 1 aliphatic rings. The second-order valence-corrected chi connectivity index (χ2v) is 20.7. The maximum absolute atomic E-state index is 7.99. The van der Waals surface area contributed by atoms with E-state index in [1.807, 2.05) is 48.5 Å². The topological polar surface area (TPSA) is 25.8 Å². The maximum Gasteiger partial charge on any atom is 0.0795 e. The minimum absolute atomic E-state index is 0. The molecule has 3 aromatic heterocycles. The van der Waals surface area contributed by atoms with E-state index >= 15 is 0 Å². The van der Waals surface area contributed by atoms with E-state index in [1.54, 1.807) is 11.3 Å². The molecular formula is C48H42IrN2SSi-2. The molecule has 0 saturated heterocycles. The van der Waals surface area contributed by atoms with Crippen LogP contribution in [0, 0.1) is 19.0 Å². The molecule has 8 aromatic rings. The monoisotopic (exact) mass is 902 g/mol. The van der Waals surface area contributed by atoms with Crippen molar-refractivity contribution in [2.24, 2.45) is 0 Å². The van der Waals surface area contributed by atoms with Crippen molar-refractivity contribution >= 4 is 44.8 Å². The molecule has 0 N–H and O–H groups in total. The molecule has 5 heteroatoms. The van der Waals surface area contributed by atoms with E-state index in [1.165, 1.54) is 75.0 Å². The van der Waals surface area contributed by atoms with E-state index in [0.29, 0.717) is 11.3 Å². The molecule has 0 spiro atoms.